The Hall–Kier alpha value is -2.71. The van der Waals surface area contributed by atoms with Crippen LogP contribution in [-0.2, 0) is 25.8 Å². The number of carbonyl (C=O) groups is 2. The molecule has 1 aliphatic carbocycles. The van der Waals surface area contributed by atoms with Gasteiger partial charge in [-0.1, -0.05) is 23.7 Å². The SMILES string of the molecule is CS(=O)(=O)c1cc(F)cc2c3c(n([C@@H](C=O)c4ccc(Cl)cc4)c12)[C@@H](CC(=O)O)CCC3. The zero-order chi connectivity index (χ0) is 23.2. The maximum atomic E-state index is 14.5. The number of aliphatic carboxylic acids is 1. The van der Waals surface area contributed by atoms with E-state index in [0.29, 0.717) is 52.8 Å². The number of carbonyl (C=O) groups excluding carboxylic acids is 1. The lowest BCUT2D eigenvalue weighted by atomic mass is 9.84. The van der Waals surface area contributed by atoms with Gasteiger partial charge in [0.1, 0.15) is 18.1 Å². The second kappa shape index (κ2) is 8.33. The van der Waals surface area contributed by atoms with Gasteiger partial charge in [0.15, 0.2) is 9.84 Å². The van der Waals surface area contributed by atoms with Gasteiger partial charge in [-0.05, 0) is 54.7 Å². The van der Waals surface area contributed by atoms with Gasteiger partial charge in [0.25, 0.3) is 0 Å². The minimum atomic E-state index is -3.86. The average Bonchev–Trinajstić information content (AvgIpc) is 3.03. The largest absolute Gasteiger partial charge is 0.481 e. The van der Waals surface area contributed by atoms with Crippen LogP contribution in [-0.4, -0.2) is 36.6 Å². The molecule has 0 radical (unpaired) electrons. The highest BCUT2D eigenvalue weighted by molar-refractivity contribution is 7.91. The number of halogens is 2. The Morgan fingerprint density at radius 3 is 2.59 bits per heavy atom. The minimum Gasteiger partial charge on any atom is -0.481 e. The molecule has 0 bridgehead atoms. The van der Waals surface area contributed by atoms with Crippen LogP contribution in [0.2, 0.25) is 5.02 Å². The molecule has 2 atom stereocenters. The van der Waals surface area contributed by atoms with Gasteiger partial charge in [0, 0.05) is 28.3 Å². The van der Waals surface area contributed by atoms with Crippen LogP contribution in [0.4, 0.5) is 4.39 Å². The molecule has 1 aliphatic rings. The van der Waals surface area contributed by atoms with Crippen molar-refractivity contribution >= 4 is 44.6 Å². The first-order valence-electron chi connectivity index (χ1n) is 10.1. The molecule has 0 amide bonds. The molecule has 0 saturated carbocycles. The highest BCUT2D eigenvalue weighted by atomic mass is 35.5. The summed E-state index contributed by atoms with van der Waals surface area (Å²) in [5.74, 6) is -2.13. The minimum absolute atomic E-state index is 0.174. The molecular formula is C23H21ClFNO5S. The van der Waals surface area contributed by atoms with Gasteiger partial charge in [-0.3, -0.25) is 4.79 Å². The number of aryl methyl sites for hydroxylation is 1. The summed E-state index contributed by atoms with van der Waals surface area (Å²) < 4.78 is 41.4. The van der Waals surface area contributed by atoms with E-state index < -0.39 is 33.6 Å². The summed E-state index contributed by atoms with van der Waals surface area (Å²) in [7, 11) is -3.86. The van der Waals surface area contributed by atoms with Gasteiger partial charge in [-0.15, -0.1) is 0 Å². The number of aromatic nitrogens is 1. The third-order valence-electron chi connectivity index (χ3n) is 5.98. The fourth-order valence-corrected chi connectivity index (χ4v) is 5.77. The van der Waals surface area contributed by atoms with Crippen LogP contribution in [0.5, 0.6) is 0 Å². The van der Waals surface area contributed by atoms with E-state index in [1.54, 1.807) is 28.8 Å². The maximum absolute atomic E-state index is 14.5. The van der Waals surface area contributed by atoms with Crippen molar-refractivity contribution in [3.8, 4) is 0 Å². The summed E-state index contributed by atoms with van der Waals surface area (Å²) in [6.45, 7) is 0. The molecule has 3 aromatic rings. The molecule has 168 valence electrons. The monoisotopic (exact) mass is 477 g/mol. The van der Waals surface area contributed by atoms with E-state index in [2.05, 4.69) is 0 Å². The topological polar surface area (TPSA) is 93.4 Å². The Bertz CT molecular complexity index is 1330. The standard InChI is InChI=1S/C23H21ClFNO5S/c1-32(30,31)20-11-16(25)10-18-17-4-2-3-14(9-21(28)29)22(17)26(23(18)20)19(12-27)13-5-7-15(24)8-6-13/h5-8,10-12,14,19H,2-4,9H2,1H3,(H,28,29)/t14-,19+/m1/s1. The fourth-order valence-electron chi connectivity index (χ4n) is 4.75. The summed E-state index contributed by atoms with van der Waals surface area (Å²) >= 11 is 6.00. The zero-order valence-corrected chi connectivity index (χ0v) is 18.8. The van der Waals surface area contributed by atoms with Gasteiger partial charge in [0.2, 0.25) is 0 Å². The lowest BCUT2D eigenvalue weighted by Gasteiger charge is -2.27. The van der Waals surface area contributed by atoms with E-state index in [1.165, 1.54) is 6.07 Å². The predicted octanol–water partition coefficient (Wildman–Crippen LogP) is 4.52. The summed E-state index contributed by atoms with van der Waals surface area (Å²) in [6.07, 6.45) is 3.29. The molecule has 1 heterocycles. The molecule has 0 fully saturated rings. The number of rotatable bonds is 6. The number of carboxylic acids is 1. The second-order valence-electron chi connectivity index (χ2n) is 8.13. The van der Waals surface area contributed by atoms with E-state index in [-0.39, 0.29) is 16.8 Å². The van der Waals surface area contributed by atoms with E-state index in [0.717, 1.165) is 12.3 Å². The van der Waals surface area contributed by atoms with E-state index in [1.807, 2.05) is 0 Å². The molecule has 4 rings (SSSR count). The Kier molecular flexibility index (Phi) is 5.85. The summed E-state index contributed by atoms with van der Waals surface area (Å²) in [5.41, 5.74) is 2.06. The van der Waals surface area contributed by atoms with E-state index >= 15 is 0 Å². The third kappa shape index (κ3) is 3.93. The maximum Gasteiger partial charge on any atom is 0.304 e. The molecule has 0 unspecified atom stereocenters. The smallest absolute Gasteiger partial charge is 0.304 e. The molecule has 1 aromatic heterocycles. The third-order valence-corrected chi connectivity index (χ3v) is 7.34. The van der Waals surface area contributed by atoms with Crippen LogP contribution in [0.25, 0.3) is 10.9 Å². The highest BCUT2D eigenvalue weighted by Gasteiger charge is 2.34. The zero-order valence-electron chi connectivity index (χ0n) is 17.2. The quantitative estimate of drug-likeness (QED) is 0.527. The molecule has 0 saturated heterocycles. The average molecular weight is 478 g/mol. The van der Waals surface area contributed by atoms with Crippen LogP contribution in [0.1, 0.15) is 48.0 Å². The first-order chi connectivity index (χ1) is 15.1. The van der Waals surface area contributed by atoms with Gasteiger partial charge in [-0.2, -0.15) is 0 Å². The first-order valence-corrected chi connectivity index (χ1v) is 12.4. The molecule has 0 aliphatic heterocycles. The normalized spacial score (nSPS) is 17.2. The molecular weight excluding hydrogens is 457 g/mol. The van der Waals surface area contributed by atoms with Crippen molar-refractivity contribution < 1.29 is 27.5 Å². The highest BCUT2D eigenvalue weighted by Crippen LogP contribution is 2.44. The van der Waals surface area contributed by atoms with Crippen LogP contribution in [0.3, 0.4) is 0 Å². The number of hydrogen-bond donors (Lipinski definition) is 1. The van der Waals surface area contributed by atoms with Crippen LogP contribution in [0.15, 0.2) is 41.3 Å². The van der Waals surface area contributed by atoms with E-state index in [4.69, 9.17) is 11.6 Å². The molecule has 0 spiro atoms. The molecule has 6 nitrogen and oxygen atoms in total. The van der Waals surface area contributed by atoms with Crippen molar-refractivity contribution in [2.45, 2.75) is 42.5 Å². The van der Waals surface area contributed by atoms with Gasteiger partial charge in [0.05, 0.1) is 16.8 Å². The van der Waals surface area contributed by atoms with Crippen molar-refractivity contribution in [2.75, 3.05) is 6.26 Å². The van der Waals surface area contributed by atoms with Crippen LogP contribution >= 0.6 is 11.6 Å². The van der Waals surface area contributed by atoms with E-state index in [9.17, 15) is 27.5 Å². The van der Waals surface area contributed by atoms with Gasteiger partial charge < -0.3 is 14.5 Å². The number of hydrogen-bond acceptors (Lipinski definition) is 4. The molecule has 2 aromatic carbocycles. The molecule has 1 N–H and O–H groups in total. The molecule has 32 heavy (non-hydrogen) atoms. The first kappa shape index (κ1) is 22.5. The van der Waals surface area contributed by atoms with Gasteiger partial charge in [-0.25, -0.2) is 12.8 Å². The van der Waals surface area contributed by atoms with Crippen molar-refractivity contribution in [3.63, 3.8) is 0 Å². The number of carboxylic acid groups (broad SMARTS) is 1. The number of nitrogens with zero attached hydrogens (tertiary/aromatic N) is 1. The Balaban J connectivity index is 2.15. The van der Waals surface area contributed by atoms with Crippen LogP contribution in [0, 0.1) is 5.82 Å². The van der Waals surface area contributed by atoms with Crippen molar-refractivity contribution in [1.82, 2.24) is 4.57 Å². The summed E-state index contributed by atoms with van der Waals surface area (Å²) in [6, 6.07) is 7.87. The Labute approximate surface area is 189 Å². The number of sulfone groups is 1. The van der Waals surface area contributed by atoms with Crippen molar-refractivity contribution in [2.24, 2.45) is 0 Å². The lowest BCUT2D eigenvalue weighted by Crippen LogP contribution is -2.22. The van der Waals surface area contributed by atoms with Crippen molar-refractivity contribution in [3.05, 3.63) is 64.1 Å². The lowest BCUT2D eigenvalue weighted by molar-refractivity contribution is -0.137. The Morgan fingerprint density at radius 1 is 1.31 bits per heavy atom. The number of fused-ring (bicyclic) bond motifs is 3. The fraction of sp³-hybridized carbons (Fsp3) is 0.304. The number of aldehydes is 1. The van der Waals surface area contributed by atoms with Crippen LogP contribution < -0.4 is 0 Å². The predicted molar refractivity (Wildman–Crippen MR) is 119 cm³/mol. The summed E-state index contributed by atoms with van der Waals surface area (Å²) in [5, 5.41) is 10.4. The summed E-state index contributed by atoms with van der Waals surface area (Å²) in [4.78, 5) is 23.7. The Morgan fingerprint density at radius 2 is 2.00 bits per heavy atom. The second-order valence-corrected chi connectivity index (χ2v) is 10.5. The number of benzene rings is 2. The molecule has 9 heteroatoms. The van der Waals surface area contributed by atoms with Gasteiger partial charge >= 0.3 is 5.97 Å². The van der Waals surface area contributed by atoms with Crippen molar-refractivity contribution in [1.29, 1.82) is 0 Å².